The lowest BCUT2D eigenvalue weighted by molar-refractivity contribution is -0.385. The molecular formula is C13H10N2O11P2. The van der Waals surface area contributed by atoms with Crippen LogP contribution in [0.2, 0.25) is 0 Å². The first-order valence-corrected chi connectivity index (χ1v) is 9.40. The molecule has 0 heterocycles. The van der Waals surface area contributed by atoms with Gasteiger partial charge in [-0.15, -0.1) is 0 Å². The third-order valence-electron chi connectivity index (χ3n) is 3.12. The number of non-ortho nitro benzene ring substituents is 2. The standard InChI is InChI=1S/C13H10N2O11P2/c16-13(7-1-9(14(17)18)5-11(3-7)25-27(21)22)8-2-10(15(19)20)6-12(4-8)26-28(23)24/h1-6,21-22,28H,(H,23,24). The molecule has 148 valence electrons. The van der Waals surface area contributed by atoms with Crippen LogP contribution in [0, 0.1) is 20.2 Å². The summed E-state index contributed by atoms with van der Waals surface area (Å²) < 4.78 is 19.9. The van der Waals surface area contributed by atoms with Gasteiger partial charge in [0.15, 0.2) is 5.78 Å². The van der Waals surface area contributed by atoms with Gasteiger partial charge in [-0.2, -0.15) is 0 Å². The second-order valence-corrected chi connectivity index (χ2v) is 6.41. The van der Waals surface area contributed by atoms with Gasteiger partial charge in [-0.1, -0.05) is 0 Å². The molecule has 0 aliphatic rings. The molecule has 0 saturated heterocycles. The van der Waals surface area contributed by atoms with E-state index in [2.05, 4.69) is 9.05 Å². The second-order valence-electron chi connectivity index (χ2n) is 4.99. The number of nitro benzene ring substituents is 2. The summed E-state index contributed by atoms with van der Waals surface area (Å²) in [7, 11) is -6.44. The maximum atomic E-state index is 12.7. The molecule has 0 fully saturated rings. The van der Waals surface area contributed by atoms with Crippen LogP contribution in [0.25, 0.3) is 0 Å². The first kappa shape index (κ1) is 21.4. The van der Waals surface area contributed by atoms with Gasteiger partial charge in [0, 0.05) is 23.3 Å². The SMILES string of the molecule is O=C(c1cc(OP(O)O)cc([N+](=O)[O-])c1)c1cc(O[PH](=O)O)cc([N+](=O)[O-])c1. The summed E-state index contributed by atoms with van der Waals surface area (Å²) in [6.07, 6.45) is 0. The van der Waals surface area contributed by atoms with Crippen LogP contribution in [0.1, 0.15) is 15.9 Å². The van der Waals surface area contributed by atoms with Crippen molar-refractivity contribution in [2.75, 3.05) is 0 Å². The highest BCUT2D eigenvalue weighted by atomic mass is 31.2. The molecule has 0 radical (unpaired) electrons. The third-order valence-corrected chi connectivity index (χ3v) is 3.91. The molecule has 2 aromatic carbocycles. The van der Waals surface area contributed by atoms with Crippen LogP contribution in [-0.4, -0.2) is 30.3 Å². The van der Waals surface area contributed by atoms with E-state index < -0.39 is 55.4 Å². The Morgan fingerprint density at radius 2 is 1.39 bits per heavy atom. The Kier molecular flexibility index (Phi) is 6.73. The Morgan fingerprint density at radius 1 is 0.929 bits per heavy atom. The summed E-state index contributed by atoms with van der Waals surface area (Å²) in [5, 5.41) is 22.0. The molecule has 1 unspecified atom stereocenters. The molecule has 2 rings (SSSR count). The van der Waals surface area contributed by atoms with E-state index in [0.29, 0.717) is 0 Å². The quantitative estimate of drug-likeness (QED) is 0.239. The summed E-state index contributed by atoms with van der Waals surface area (Å²) in [5.74, 6) is -1.77. The maximum absolute atomic E-state index is 12.7. The molecule has 2 aromatic rings. The van der Waals surface area contributed by atoms with Crippen LogP contribution in [-0.2, 0) is 4.57 Å². The molecule has 15 heteroatoms. The Hall–Kier alpha value is -2.95. The lowest BCUT2D eigenvalue weighted by atomic mass is 10.0. The number of ketones is 1. The molecule has 28 heavy (non-hydrogen) atoms. The van der Waals surface area contributed by atoms with Crippen molar-refractivity contribution in [2.45, 2.75) is 0 Å². The van der Waals surface area contributed by atoms with E-state index in [4.69, 9.17) is 14.7 Å². The van der Waals surface area contributed by atoms with Crippen molar-refractivity contribution >= 4 is 34.0 Å². The summed E-state index contributed by atoms with van der Waals surface area (Å²) in [4.78, 5) is 59.6. The van der Waals surface area contributed by atoms with E-state index in [-0.39, 0.29) is 11.1 Å². The predicted octanol–water partition coefficient (Wildman–Crippen LogP) is 2.09. The molecule has 0 amide bonds. The second kappa shape index (κ2) is 8.83. The van der Waals surface area contributed by atoms with E-state index in [1.54, 1.807) is 0 Å². The molecule has 0 spiro atoms. The molecule has 13 nitrogen and oxygen atoms in total. The van der Waals surface area contributed by atoms with Gasteiger partial charge < -0.3 is 23.7 Å². The Morgan fingerprint density at radius 3 is 1.82 bits per heavy atom. The summed E-state index contributed by atoms with van der Waals surface area (Å²) in [5.41, 5.74) is -1.96. The molecule has 0 aliphatic heterocycles. The minimum absolute atomic E-state index is 0.357. The average molecular weight is 432 g/mol. The van der Waals surface area contributed by atoms with Gasteiger partial charge in [-0.05, 0) is 12.1 Å². The lowest BCUT2D eigenvalue weighted by Gasteiger charge is -2.09. The molecule has 0 saturated carbocycles. The van der Waals surface area contributed by atoms with Crippen LogP contribution in [0.4, 0.5) is 11.4 Å². The van der Waals surface area contributed by atoms with Crippen molar-refractivity contribution in [1.29, 1.82) is 0 Å². The van der Waals surface area contributed by atoms with E-state index >= 15 is 0 Å². The highest BCUT2D eigenvalue weighted by Crippen LogP contribution is 2.34. The highest BCUT2D eigenvalue weighted by Gasteiger charge is 2.21. The first-order chi connectivity index (χ1) is 13.1. The Labute approximate surface area is 157 Å². The minimum atomic E-state index is -3.52. The van der Waals surface area contributed by atoms with Gasteiger partial charge in [0.2, 0.25) is 0 Å². The molecule has 1 atom stereocenters. The lowest BCUT2D eigenvalue weighted by Crippen LogP contribution is -2.04. The number of rotatable bonds is 8. The Bertz CT molecular complexity index is 979. The zero-order valence-electron chi connectivity index (χ0n) is 13.4. The van der Waals surface area contributed by atoms with Crippen molar-refractivity contribution in [3.8, 4) is 11.5 Å². The first-order valence-electron chi connectivity index (χ1n) is 6.97. The molecule has 0 bridgehead atoms. The van der Waals surface area contributed by atoms with Crippen molar-refractivity contribution in [2.24, 2.45) is 0 Å². The smallest absolute Gasteiger partial charge is 0.391 e. The van der Waals surface area contributed by atoms with E-state index in [9.17, 15) is 29.6 Å². The zero-order chi connectivity index (χ0) is 21.0. The van der Waals surface area contributed by atoms with Gasteiger partial charge >= 0.3 is 16.9 Å². The van der Waals surface area contributed by atoms with Crippen LogP contribution < -0.4 is 9.05 Å². The normalized spacial score (nSPS) is 11.7. The number of carbonyl (C=O) groups excluding carboxylic acids is 1. The van der Waals surface area contributed by atoms with Gasteiger partial charge in [0.1, 0.15) is 11.5 Å². The number of hydrogen-bond donors (Lipinski definition) is 3. The predicted molar refractivity (Wildman–Crippen MR) is 93.5 cm³/mol. The van der Waals surface area contributed by atoms with Gasteiger partial charge in [-0.3, -0.25) is 25.0 Å². The summed E-state index contributed by atoms with van der Waals surface area (Å²) in [6, 6.07) is 5.26. The van der Waals surface area contributed by atoms with Crippen molar-refractivity contribution in [3.63, 3.8) is 0 Å². The number of hydrogen-bond acceptors (Lipinski definition) is 10. The molecule has 0 aliphatic carbocycles. The molecule has 3 N–H and O–H groups in total. The fraction of sp³-hybridized carbons (Fsp3) is 0. The van der Waals surface area contributed by atoms with Gasteiger partial charge in [0.25, 0.3) is 11.4 Å². The van der Waals surface area contributed by atoms with Gasteiger partial charge in [-0.25, -0.2) is 4.57 Å². The fourth-order valence-electron chi connectivity index (χ4n) is 2.11. The zero-order valence-corrected chi connectivity index (χ0v) is 15.3. The molecular weight excluding hydrogens is 422 g/mol. The maximum Gasteiger partial charge on any atom is 0.391 e. The highest BCUT2D eigenvalue weighted by molar-refractivity contribution is 7.39. The Balaban J connectivity index is 2.56. The summed E-state index contributed by atoms with van der Waals surface area (Å²) in [6.45, 7) is 0. The largest absolute Gasteiger partial charge is 0.427 e. The number of benzene rings is 2. The van der Waals surface area contributed by atoms with E-state index in [1.807, 2.05) is 0 Å². The van der Waals surface area contributed by atoms with Crippen LogP contribution in [0.15, 0.2) is 36.4 Å². The number of carbonyl (C=O) groups is 1. The van der Waals surface area contributed by atoms with E-state index in [0.717, 1.165) is 36.4 Å². The third kappa shape index (κ3) is 5.52. The fourth-order valence-corrected chi connectivity index (χ4v) is 2.73. The average Bonchev–Trinajstić information content (AvgIpc) is 2.59. The monoisotopic (exact) mass is 432 g/mol. The summed E-state index contributed by atoms with van der Waals surface area (Å²) >= 11 is 0. The van der Waals surface area contributed by atoms with Crippen LogP contribution in [0.5, 0.6) is 11.5 Å². The number of nitrogens with zero attached hydrogens (tertiary/aromatic N) is 2. The minimum Gasteiger partial charge on any atom is -0.427 e. The van der Waals surface area contributed by atoms with Crippen LogP contribution >= 0.6 is 16.9 Å². The number of nitro groups is 2. The van der Waals surface area contributed by atoms with Crippen molar-refractivity contribution in [1.82, 2.24) is 0 Å². The van der Waals surface area contributed by atoms with Crippen LogP contribution in [0.3, 0.4) is 0 Å². The van der Waals surface area contributed by atoms with E-state index in [1.165, 1.54) is 0 Å². The van der Waals surface area contributed by atoms with Crippen molar-refractivity contribution < 1.29 is 42.9 Å². The van der Waals surface area contributed by atoms with Gasteiger partial charge in [0.05, 0.1) is 22.0 Å². The van der Waals surface area contributed by atoms with Crippen molar-refractivity contribution in [3.05, 3.63) is 67.8 Å². The topological polar surface area (TPSA) is 200 Å². The molecule has 0 aromatic heterocycles.